The van der Waals surface area contributed by atoms with E-state index in [0.29, 0.717) is 51.4 Å². The van der Waals surface area contributed by atoms with Gasteiger partial charge < -0.3 is 19.5 Å². The molecule has 0 bridgehead atoms. The van der Waals surface area contributed by atoms with Gasteiger partial charge >= 0.3 is 5.97 Å². The lowest BCUT2D eigenvalue weighted by atomic mass is 9.64. The zero-order valence-corrected chi connectivity index (χ0v) is 23.7. The highest BCUT2D eigenvalue weighted by Crippen LogP contribution is 2.53. The average molecular weight is 578 g/mol. The fourth-order valence-corrected chi connectivity index (χ4v) is 6.37. The van der Waals surface area contributed by atoms with Crippen LogP contribution in [0.2, 0.25) is 10.0 Å². The van der Waals surface area contributed by atoms with Crippen molar-refractivity contribution in [1.29, 1.82) is 0 Å². The van der Waals surface area contributed by atoms with Gasteiger partial charge in [0.1, 0.15) is 23.8 Å². The molecule has 206 valence electrons. The molecule has 6 nitrogen and oxygen atoms in total. The van der Waals surface area contributed by atoms with Gasteiger partial charge in [-0.25, -0.2) is 4.79 Å². The summed E-state index contributed by atoms with van der Waals surface area (Å²) in [7, 11) is 0. The maximum absolute atomic E-state index is 11.5. The number of halogens is 2. The van der Waals surface area contributed by atoms with Crippen LogP contribution in [-0.2, 0) is 12.2 Å². The lowest BCUT2D eigenvalue weighted by Crippen LogP contribution is -2.40. The van der Waals surface area contributed by atoms with E-state index in [2.05, 4.69) is 5.16 Å². The molecule has 1 aromatic heterocycles. The highest BCUT2D eigenvalue weighted by Gasteiger charge is 2.46. The summed E-state index contributed by atoms with van der Waals surface area (Å²) < 4.78 is 12.0. The Kier molecular flexibility index (Phi) is 6.89. The van der Waals surface area contributed by atoms with E-state index in [1.165, 1.54) is 0 Å². The molecule has 0 amide bonds. The second-order valence-electron chi connectivity index (χ2n) is 11.0. The van der Waals surface area contributed by atoms with Crippen LogP contribution >= 0.6 is 23.2 Å². The van der Waals surface area contributed by atoms with E-state index < -0.39 is 11.6 Å². The van der Waals surface area contributed by atoms with Crippen molar-refractivity contribution in [2.24, 2.45) is 0 Å². The van der Waals surface area contributed by atoms with Crippen molar-refractivity contribution in [2.45, 2.75) is 63.6 Å². The van der Waals surface area contributed by atoms with Crippen molar-refractivity contribution in [1.82, 2.24) is 5.16 Å². The smallest absolute Gasteiger partial charge is 0.335 e. The van der Waals surface area contributed by atoms with Gasteiger partial charge in [0.25, 0.3) is 0 Å². The van der Waals surface area contributed by atoms with E-state index in [4.69, 9.17) is 32.5 Å². The van der Waals surface area contributed by atoms with Crippen molar-refractivity contribution in [3.8, 4) is 17.0 Å². The summed E-state index contributed by atoms with van der Waals surface area (Å²) in [5.41, 5.74) is 4.91. The van der Waals surface area contributed by atoms with Crippen LogP contribution in [0.25, 0.3) is 11.3 Å². The summed E-state index contributed by atoms with van der Waals surface area (Å²) in [5, 5.41) is 26.2. The standard InChI is InChI=1S/C32H29Cl2NO5/c1-17-6-7-20(12-23(17)31(36)37)21-14-32(38,15-21)25-11-10-22(13-27(25)34)39-16-24-29(35-40-30(24)19-8-9-19)28-18(2)4-3-5-26(28)33/h3-7,10-13,19,21,38H,8-9,14-16H2,1-2H3,(H,36,37). The Morgan fingerprint density at radius 1 is 1.02 bits per heavy atom. The summed E-state index contributed by atoms with van der Waals surface area (Å²) in [5.74, 6) is 0.861. The molecule has 2 saturated carbocycles. The molecule has 0 atom stereocenters. The van der Waals surface area contributed by atoms with Crippen LogP contribution in [0.4, 0.5) is 0 Å². The van der Waals surface area contributed by atoms with Gasteiger partial charge in [0.05, 0.1) is 26.8 Å². The zero-order valence-electron chi connectivity index (χ0n) is 22.2. The summed E-state index contributed by atoms with van der Waals surface area (Å²) in [6.07, 6.45) is 3.04. The quantitative estimate of drug-likeness (QED) is 0.219. The summed E-state index contributed by atoms with van der Waals surface area (Å²) in [6.45, 7) is 4.02. The van der Waals surface area contributed by atoms with E-state index in [-0.39, 0.29) is 18.1 Å². The van der Waals surface area contributed by atoms with Crippen molar-refractivity contribution in [3.63, 3.8) is 0 Å². The number of aromatic carboxylic acids is 1. The molecule has 2 N–H and O–H groups in total. The predicted octanol–water partition coefficient (Wildman–Crippen LogP) is 8.19. The Balaban J connectivity index is 1.19. The first-order valence-corrected chi connectivity index (χ1v) is 14.1. The van der Waals surface area contributed by atoms with Gasteiger partial charge in [-0.3, -0.25) is 0 Å². The average Bonchev–Trinajstić information content (AvgIpc) is 3.66. The largest absolute Gasteiger partial charge is 0.489 e. The van der Waals surface area contributed by atoms with Crippen LogP contribution in [0.1, 0.15) is 81.5 Å². The number of carboxylic acid groups (broad SMARTS) is 1. The molecule has 0 radical (unpaired) electrons. The molecule has 0 aliphatic heterocycles. The highest BCUT2D eigenvalue weighted by atomic mass is 35.5. The normalized spacial score (nSPS) is 20.3. The molecule has 2 fully saturated rings. The number of carbonyl (C=O) groups is 1. The molecule has 0 spiro atoms. The zero-order chi connectivity index (χ0) is 28.2. The van der Waals surface area contributed by atoms with E-state index in [0.717, 1.165) is 40.9 Å². The third-order valence-corrected chi connectivity index (χ3v) is 8.81. The van der Waals surface area contributed by atoms with Crippen molar-refractivity contribution in [2.75, 3.05) is 0 Å². The second-order valence-corrected chi connectivity index (χ2v) is 11.8. The SMILES string of the molecule is Cc1ccc(C2CC(O)(c3ccc(OCc4c(-c5c(C)cccc5Cl)noc4C4CC4)cc3Cl)C2)cc1C(=O)O. The predicted molar refractivity (Wildman–Crippen MR) is 153 cm³/mol. The number of aryl methyl sites for hydroxylation is 2. The van der Waals surface area contributed by atoms with E-state index in [1.807, 2.05) is 43.3 Å². The second kappa shape index (κ2) is 10.3. The van der Waals surface area contributed by atoms with Gasteiger partial charge in [0, 0.05) is 17.0 Å². The number of aromatic nitrogens is 1. The number of hydrogen-bond acceptors (Lipinski definition) is 5. The summed E-state index contributed by atoms with van der Waals surface area (Å²) in [6, 6.07) is 16.6. The third-order valence-electron chi connectivity index (χ3n) is 8.18. The Bertz CT molecular complexity index is 1600. The number of ether oxygens (including phenoxy) is 1. The lowest BCUT2D eigenvalue weighted by molar-refractivity contribution is -0.0549. The summed E-state index contributed by atoms with van der Waals surface area (Å²) >= 11 is 13.2. The minimum atomic E-state index is -1.09. The molecular weight excluding hydrogens is 549 g/mol. The molecule has 4 aromatic rings. The minimum Gasteiger partial charge on any atom is -0.489 e. The van der Waals surface area contributed by atoms with Gasteiger partial charge in [0.2, 0.25) is 0 Å². The Labute approximate surface area is 242 Å². The number of nitrogens with zero attached hydrogens (tertiary/aromatic N) is 1. The number of carboxylic acids is 1. The van der Waals surface area contributed by atoms with Crippen LogP contribution in [0, 0.1) is 13.8 Å². The van der Waals surface area contributed by atoms with E-state index in [9.17, 15) is 15.0 Å². The first-order valence-electron chi connectivity index (χ1n) is 13.4. The maximum Gasteiger partial charge on any atom is 0.335 e. The van der Waals surface area contributed by atoms with E-state index >= 15 is 0 Å². The molecule has 6 rings (SSSR count). The molecule has 0 saturated heterocycles. The minimum absolute atomic E-state index is 0.0526. The first kappa shape index (κ1) is 26.9. The highest BCUT2D eigenvalue weighted by molar-refractivity contribution is 6.33. The van der Waals surface area contributed by atoms with Gasteiger partial charge in [-0.2, -0.15) is 0 Å². The molecule has 0 unspecified atom stereocenters. The third kappa shape index (κ3) is 4.89. The number of aliphatic hydroxyl groups is 1. The number of rotatable bonds is 8. The Hall–Kier alpha value is -3.32. The number of hydrogen-bond donors (Lipinski definition) is 2. The summed E-state index contributed by atoms with van der Waals surface area (Å²) in [4.78, 5) is 11.5. The molecule has 8 heteroatoms. The van der Waals surface area contributed by atoms with Crippen LogP contribution in [0.15, 0.2) is 59.1 Å². The monoisotopic (exact) mass is 577 g/mol. The Morgan fingerprint density at radius 3 is 2.48 bits per heavy atom. The Morgan fingerprint density at radius 2 is 1.80 bits per heavy atom. The lowest BCUT2D eigenvalue weighted by Gasteiger charge is -2.45. The van der Waals surface area contributed by atoms with Crippen molar-refractivity contribution < 1.29 is 24.3 Å². The molecular formula is C32H29Cl2NO5. The van der Waals surface area contributed by atoms with Crippen LogP contribution in [0.3, 0.4) is 0 Å². The maximum atomic E-state index is 11.5. The first-order chi connectivity index (χ1) is 19.1. The molecule has 2 aliphatic rings. The van der Waals surface area contributed by atoms with Gasteiger partial charge in [-0.15, -0.1) is 0 Å². The van der Waals surface area contributed by atoms with Crippen LogP contribution in [-0.4, -0.2) is 21.3 Å². The molecule has 2 aliphatic carbocycles. The van der Waals surface area contributed by atoms with E-state index in [1.54, 1.807) is 25.1 Å². The van der Waals surface area contributed by atoms with Gasteiger partial charge in [-0.1, -0.05) is 58.7 Å². The van der Waals surface area contributed by atoms with Crippen molar-refractivity contribution in [3.05, 3.63) is 104 Å². The van der Waals surface area contributed by atoms with Crippen LogP contribution < -0.4 is 4.74 Å². The topological polar surface area (TPSA) is 92.8 Å². The number of benzene rings is 3. The van der Waals surface area contributed by atoms with Gasteiger partial charge in [0.15, 0.2) is 0 Å². The van der Waals surface area contributed by atoms with Gasteiger partial charge in [-0.05, 0) is 86.4 Å². The fourth-order valence-electron chi connectivity index (χ4n) is 5.71. The molecule has 40 heavy (non-hydrogen) atoms. The molecule has 3 aromatic carbocycles. The fraction of sp³-hybridized carbons (Fsp3) is 0.312. The molecule has 1 heterocycles. The van der Waals surface area contributed by atoms with Crippen LogP contribution in [0.5, 0.6) is 5.75 Å². The van der Waals surface area contributed by atoms with Crippen molar-refractivity contribution >= 4 is 29.2 Å².